The predicted molar refractivity (Wildman–Crippen MR) is 51.1 cm³/mol. The topological polar surface area (TPSA) is 12.0 Å². The van der Waals surface area contributed by atoms with E-state index in [-0.39, 0.29) is 0 Å². The first-order chi connectivity index (χ1) is 5.45. The summed E-state index contributed by atoms with van der Waals surface area (Å²) in [6, 6.07) is 0.842. The summed E-state index contributed by atoms with van der Waals surface area (Å²) < 4.78 is 0. The Morgan fingerprint density at radius 1 is 1.27 bits per heavy atom. The van der Waals surface area contributed by atoms with Gasteiger partial charge in [-0.1, -0.05) is 0 Å². The molecule has 0 amide bonds. The molecule has 1 aliphatic heterocycles. The van der Waals surface area contributed by atoms with Crippen LogP contribution in [-0.2, 0) is 0 Å². The zero-order valence-corrected chi connectivity index (χ0v) is 7.83. The fraction of sp³-hybridized carbons (Fsp3) is 1.00. The average molecular weight is 171 g/mol. The molecule has 2 heteroatoms. The SMILES string of the molecule is C1CSCC(NCC2CC2)C1. The third-order valence-electron chi connectivity index (χ3n) is 2.55. The third kappa shape index (κ3) is 2.68. The summed E-state index contributed by atoms with van der Waals surface area (Å²) in [7, 11) is 0. The minimum atomic E-state index is 0.842. The Hall–Kier alpha value is 0.310. The molecular weight excluding hydrogens is 154 g/mol. The predicted octanol–water partition coefficient (Wildman–Crippen LogP) is 1.88. The number of nitrogens with one attached hydrogen (secondary N) is 1. The van der Waals surface area contributed by atoms with Crippen molar-refractivity contribution < 1.29 is 0 Å². The van der Waals surface area contributed by atoms with Gasteiger partial charge in [-0.25, -0.2) is 0 Å². The van der Waals surface area contributed by atoms with Crippen LogP contribution in [0, 0.1) is 5.92 Å². The van der Waals surface area contributed by atoms with E-state index in [4.69, 9.17) is 0 Å². The van der Waals surface area contributed by atoms with Gasteiger partial charge < -0.3 is 5.32 Å². The maximum absolute atomic E-state index is 3.66. The minimum Gasteiger partial charge on any atom is -0.313 e. The molecule has 1 aliphatic carbocycles. The maximum atomic E-state index is 3.66. The van der Waals surface area contributed by atoms with Crippen LogP contribution in [0.2, 0.25) is 0 Å². The Morgan fingerprint density at radius 3 is 2.82 bits per heavy atom. The standard InChI is InChI=1S/C9H17NS/c1-2-9(7-11-5-1)10-6-8-3-4-8/h8-10H,1-7H2. The summed E-state index contributed by atoms with van der Waals surface area (Å²) in [5.41, 5.74) is 0. The highest BCUT2D eigenvalue weighted by Crippen LogP contribution is 2.28. The van der Waals surface area contributed by atoms with Crippen LogP contribution in [0.5, 0.6) is 0 Å². The molecule has 1 saturated carbocycles. The molecule has 0 aromatic carbocycles. The largest absolute Gasteiger partial charge is 0.313 e. The van der Waals surface area contributed by atoms with Crippen molar-refractivity contribution in [3.63, 3.8) is 0 Å². The molecule has 0 bridgehead atoms. The summed E-state index contributed by atoms with van der Waals surface area (Å²) in [5.74, 6) is 3.79. The zero-order valence-electron chi connectivity index (χ0n) is 7.01. The molecule has 1 heterocycles. The van der Waals surface area contributed by atoms with Crippen LogP contribution in [0.1, 0.15) is 25.7 Å². The number of hydrogen-bond acceptors (Lipinski definition) is 2. The first-order valence-corrected chi connectivity index (χ1v) is 5.92. The molecule has 0 radical (unpaired) electrons. The van der Waals surface area contributed by atoms with Crippen LogP contribution < -0.4 is 5.32 Å². The molecule has 0 aromatic rings. The summed E-state index contributed by atoms with van der Waals surface area (Å²) >= 11 is 2.11. The van der Waals surface area contributed by atoms with Crippen molar-refractivity contribution >= 4 is 11.8 Å². The second kappa shape index (κ2) is 3.81. The van der Waals surface area contributed by atoms with Crippen molar-refractivity contribution in [2.75, 3.05) is 18.1 Å². The van der Waals surface area contributed by atoms with Gasteiger partial charge in [-0.3, -0.25) is 0 Å². The van der Waals surface area contributed by atoms with E-state index in [0.717, 1.165) is 12.0 Å². The fourth-order valence-corrected chi connectivity index (χ4v) is 2.66. The Labute approximate surface area is 73.3 Å². The zero-order chi connectivity index (χ0) is 7.52. The summed E-state index contributed by atoms with van der Waals surface area (Å²) in [6.07, 6.45) is 5.80. The first-order valence-electron chi connectivity index (χ1n) is 4.76. The van der Waals surface area contributed by atoms with E-state index in [1.54, 1.807) is 0 Å². The fourth-order valence-electron chi connectivity index (χ4n) is 1.56. The molecule has 0 aromatic heterocycles. The van der Waals surface area contributed by atoms with E-state index >= 15 is 0 Å². The molecule has 0 spiro atoms. The summed E-state index contributed by atoms with van der Waals surface area (Å²) in [4.78, 5) is 0. The Balaban J connectivity index is 1.59. The molecule has 1 atom stereocenters. The van der Waals surface area contributed by atoms with Gasteiger partial charge >= 0.3 is 0 Å². The van der Waals surface area contributed by atoms with Crippen LogP contribution in [0.25, 0.3) is 0 Å². The molecule has 1 saturated heterocycles. The normalized spacial score (nSPS) is 32.2. The van der Waals surface area contributed by atoms with Gasteiger partial charge in [0.1, 0.15) is 0 Å². The van der Waals surface area contributed by atoms with Crippen molar-refractivity contribution in [2.24, 2.45) is 5.92 Å². The number of hydrogen-bond donors (Lipinski definition) is 1. The van der Waals surface area contributed by atoms with Gasteiger partial charge in [-0.15, -0.1) is 0 Å². The van der Waals surface area contributed by atoms with E-state index in [2.05, 4.69) is 17.1 Å². The van der Waals surface area contributed by atoms with Crippen LogP contribution in [0.15, 0.2) is 0 Å². The molecule has 1 N–H and O–H groups in total. The monoisotopic (exact) mass is 171 g/mol. The molecule has 2 rings (SSSR count). The molecule has 11 heavy (non-hydrogen) atoms. The second-order valence-electron chi connectivity index (χ2n) is 3.77. The average Bonchev–Trinajstić information content (AvgIpc) is 2.86. The lowest BCUT2D eigenvalue weighted by Crippen LogP contribution is -2.34. The number of rotatable bonds is 3. The first kappa shape index (κ1) is 7.93. The lowest BCUT2D eigenvalue weighted by Gasteiger charge is -2.22. The third-order valence-corrected chi connectivity index (χ3v) is 3.77. The van der Waals surface area contributed by atoms with Crippen LogP contribution in [0.4, 0.5) is 0 Å². The van der Waals surface area contributed by atoms with Gasteiger partial charge in [-0.05, 0) is 43.9 Å². The lowest BCUT2D eigenvalue weighted by molar-refractivity contribution is 0.494. The van der Waals surface area contributed by atoms with Crippen LogP contribution in [0.3, 0.4) is 0 Å². The highest BCUT2D eigenvalue weighted by molar-refractivity contribution is 7.99. The Morgan fingerprint density at radius 2 is 2.18 bits per heavy atom. The Kier molecular flexibility index (Phi) is 2.75. The smallest absolute Gasteiger partial charge is 0.0158 e. The molecule has 2 aliphatic rings. The van der Waals surface area contributed by atoms with Crippen LogP contribution >= 0.6 is 11.8 Å². The maximum Gasteiger partial charge on any atom is 0.0158 e. The van der Waals surface area contributed by atoms with E-state index in [0.29, 0.717) is 0 Å². The van der Waals surface area contributed by atoms with Gasteiger partial charge in [0, 0.05) is 11.8 Å². The number of thioether (sulfide) groups is 1. The van der Waals surface area contributed by atoms with Crippen molar-refractivity contribution in [3.8, 4) is 0 Å². The van der Waals surface area contributed by atoms with Crippen molar-refractivity contribution in [3.05, 3.63) is 0 Å². The van der Waals surface area contributed by atoms with E-state index in [1.807, 2.05) is 0 Å². The van der Waals surface area contributed by atoms with Gasteiger partial charge in [0.15, 0.2) is 0 Å². The van der Waals surface area contributed by atoms with Crippen molar-refractivity contribution in [2.45, 2.75) is 31.7 Å². The minimum absolute atomic E-state index is 0.842. The Bertz CT molecular complexity index is 117. The van der Waals surface area contributed by atoms with Crippen molar-refractivity contribution in [1.82, 2.24) is 5.32 Å². The van der Waals surface area contributed by atoms with Crippen LogP contribution in [-0.4, -0.2) is 24.1 Å². The van der Waals surface area contributed by atoms with E-state index in [1.165, 1.54) is 43.7 Å². The molecule has 1 nitrogen and oxygen atoms in total. The quantitative estimate of drug-likeness (QED) is 0.696. The lowest BCUT2D eigenvalue weighted by atomic mass is 10.2. The molecular formula is C9H17NS. The summed E-state index contributed by atoms with van der Waals surface area (Å²) in [5, 5.41) is 3.66. The molecule has 64 valence electrons. The highest BCUT2D eigenvalue weighted by atomic mass is 32.2. The van der Waals surface area contributed by atoms with E-state index < -0.39 is 0 Å². The van der Waals surface area contributed by atoms with Gasteiger partial charge in [0.05, 0.1) is 0 Å². The van der Waals surface area contributed by atoms with Crippen molar-refractivity contribution in [1.29, 1.82) is 0 Å². The highest BCUT2D eigenvalue weighted by Gasteiger charge is 2.22. The summed E-state index contributed by atoms with van der Waals surface area (Å²) in [6.45, 7) is 1.30. The molecule has 2 fully saturated rings. The molecule has 1 unspecified atom stereocenters. The van der Waals surface area contributed by atoms with Gasteiger partial charge in [-0.2, -0.15) is 11.8 Å². The van der Waals surface area contributed by atoms with E-state index in [9.17, 15) is 0 Å². The van der Waals surface area contributed by atoms with Gasteiger partial charge in [0.2, 0.25) is 0 Å². The second-order valence-corrected chi connectivity index (χ2v) is 4.92. The van der Waals surface area contributed by atoms with Gasteiger partial charge in [0.25, 0.3) is 0 Å².